The topological polar surface area (TPSA) is 67.4 Å². The van der Waals surface area contributed by atoms with Gasteiger partial charge >= 0.3 is 0 Å². The van der Waals surface area contributed by atoms with Gasteiger partial charge in [-0.2, -0.15) is 0 Å². The summed E-state index contributed by atoms with van der Waals surface area (Å²) in [6.07, 6.45) is -0.723. The summed E-state index contributed by atoms with van der Waals surface area (Å²) in [7, 11) is 0. The van der Waals surface area contributed by atoms with Crippen molar-refractivity contribution in [1.82, 2.24) is 0 Å². The van der Waals surface area contributed by atoms with Crippen molar-refractivity contribution in [1.29, 1.82) is 0 Å². The van der Waals surface area contributed by atoms with Crippen LogP contribution in [0.25, 0.3) is 0 Å². The lowest BCUT2D eigenvalue weighted by Crippen LogP contribution is -2.30. The Hall–Kier alpha value is -2.05. The van der Waals surface area contributed by atoms with E-state index in [9.17, 15) is 9.59 Å². The van der Waals surface area contributed by atoms with E-state index in [1.807, 2.05) is 0 Å². The lowest BCUT2D eigenvalue weighted by molar-refractivity contribution is -0.122. The van der Waals surface area contributed by atoms with Gasteiger partial charge in [0.25, 0.3) is 5.91 Å². The third-order valence-electron chi connectivity index (χ3n) is 3.04. The van der Waals surface area contributed by atoms with Crippen molar-refractivity contribution in [3.63, 3.8) is 0 Å². The van der Waals surface area contributed by atoms with Crippen LogP contribution in [0.3, 0.4) is 0 Å². The normalized spacial score (nSPS) is 11.5. The van der Waals surface area contributed by atoms with Crippen molar-refractivity contribution in [2.45, 2.75) is 20.0 Å². The molecule has 2 N–H and O–H groups in total. The van der Waals surface area contributed by atoms with Crippen molar-refractivity contribution < 1.29 is 14.3 Å². The number of hydrogen-bond donors (Lipinski definition) is 2. The van der Waals surface area contributed by atoms with Crippen LogP contribution >= 0.6 is 27.5 Å². The molecule has 7 heteroatoms. The van der Waals surface area contributed by atoms with Gasteiger partial charge in [-0.25, -0.2) is 0 Å². The van der Waals surface area contributed by atoms with Crippen LogP contribution in [-0.2, 0) is 9.59 Å². The van der Waals surface area contributed by atoms with Gasteiger partial charge in [0.05, 0.1) is 5.02 Å². The molecular formula is C17H16BrClN2O3. The minimum absolute atomic E-state index is 0.153. The first-order valence-corrected chi connectivity index (χ1v) is 8.32. The number of halogens is 2. The molecule has 1 atom stereocenters. The fourth-order valence-corrected chi connectivity index (χ4v) is 2.62. The zero-order valence-electron chi connectivity index (χ0n) is 13.1. The van der Waals surface area contributed by atoms with Gasteiger partial charge in [0.1, 0.15) is 5.75 Å². The Bertz CT molecular complexity index is 750. The maximum atomic E-state index is 12.2. The van der Waals surface area contributed by atoms with Crippen LogP contribution in [0.1, 0.15) is 13.8 Å². The molecule has 0 saturated carbocycles. The Morgan fingerprint density at radius 1 is 1.08 bits per heavy atom. The van der Waals surface area contributed by atoms with E-state index in [1.54, 1.807) is 49.4 Å². The van der Waals surface area contributed by atoms with Gasteiger partial charge in [0.15, 0.2) is 6.10 Å². The molecule has 24 heavy (non-hydrogen) atoms. The minimum atomic E-state index is -0.723. The molecule has 0 aliphatic rings. The van der Waals surface area contributed by atoms with E-state index in [-0.39, 0.29) is 11.8 Å². The predicted octanol–water partition coefficient (Wildman–Crippen LogP) is 4.47. The second kappa shape index (κ2) is 8.17. The molecule has 0 aromatic heterocycles. The number of hydrogen-bond acceptors (Lipinski definition) is 3. The first kappa shape index (κ1) is 18.3. The average Bonchev–Trinajstić information content (AvgIpc) is 2.51. The summed E-state index contributed by atoms with van der Waals surface area (Å²) in [4.78, 5) is 23.2. The van der Waals surface area contributed by atoms with Crippen molar-refractivity contribution >= 4 is 50.7 Å². The average molecular weight is 412 g/mol. The van der Waals surface area contributed by atoms with Crippen LogP contribution in [0.5, 0.6) is 5.75 Å². The van der Waals surface area contributed by atoms with Gasteiger partial charge in [-0.3, -0.25) is 9.59 Å². The molecule has 2 aromatic rings. The molecule has 126 valence electrons. The molecule has 0 unspecified atom stereocenters. The predicted molar refractivity (Wildman–Crippen MR) is 98.6 cm³/mol. The van der Waals surface area contributed by atoms with Gasteiger partial charge in [-0.1, -0.05) is 27.5 Å². The Balaban J connectivity index is 1.97. The maximum absolute atomic E-state index is 12.2. The lowest BCUT2D eigenvalue weighted by atomic mass is 10.2. The third kappa shape index (κ3) is 5.25. The fraction of sp³-hybridized carbons (Fsp3) is 0.176. The van der Waals surface area contributed by atoms with Gasteiger partial charge < -0.3 is 15.4 Å². The molecule has 0 aliphatic heterocycles. The molecular weight excluding hydrogens is 396 g/mol. The fourth-order valence-electron chi connectivity index (χ4n) is 1.90. The molecule has 0 heterocycles. The molecule has 0 aliphatic carbocycles. The quantitative estimate of drug-likeness (QED) is 0.763. The van der Waals surface area contributed by atoms with E-state index in [4.69, 9.17) is 16.3 Å². The minimum Gasteiger partial charge on any atom is -0.479 e. The largest absolute Gasteiger partial charge is 0.479 e. The second-order valence-electron chi connectivity index (χ2n) is 5.08. The third-order valence-corrected chi connectivity index (χ3v) is 3.83. The van der Waals surface area contributed by atoms with E-state index < -0.39 is 6.10 Å². The zero-order chi connectivity index (χ0) is 17.7. The Kier molecular flexibility index (Phi) is 6.23. The van der Waals surface area contributed by atoms with Gasteiger partial charge in [-0.15, -0.1) is 0 Å². The number of amides is 2. The number of carbonyl (C=O) groups excluding carboxylic acids is 2. The molecule has 0 bridgehead atoms. The molecule has 5 nitrogen and oxygen atoms in total. The van der Waals surface area contributed by atoms with E-state index in [0.717, 1.165) is 4.47 Å². The van der Waals surface area contributed by atoms with E-state index in [0.29, 0.717) is 22.1 Å². The van der Waals surface area contributed by atoms with E-state index >= 15 is 0 Å². The highest BCUT2D eigenvalue weighted by Gasteiger charge is 2.16. The van der Waals surface area contributed by atoms with Crippen molar-refractivity contribution in [2.75, 3.05) is 10.6 Å². The van der Waals surface area contributed by atoms with Crippen molar-refractivity contribution in [3.8, 4) is 5.75 Å². The number of anilines is 2. The zero-order valence-corrected chi connectivity index (χ0v) is 15.4. The highest BCUT2D eigenvalue weighted by molar-refractivity contribution is 9.10. The summed E-state index contributed by atoms with van der Waals surface area (Å²) in [5, 5.41) is 5.82. The number of carbonyl (C=O) groups is 2. The van der Waals surface area contributed by atoms with E-state index in [2.05, 4.69) is 26.6 Å². The highest BCUT2D eigenvalue weighted by Crippen LogP contribution is 2.28. The van der Waals surface area contributed by atoms with Crippen LogP contribution in [0.2, 0.25) is 5.02 Å². The molecule has 0 fully saturated rings. The summed E-state index contributed by atoms with van der Waals surface area (Å²) >= 11 is 9.39. The summed E-state index contributed by atoms with van der Waals surface area (Å²) in [6, 6.07) is 12.0. The second-order valence-corrected chi connectivity index (χ2v) is 6.41. The Morgan fingerprint density at radius 3 is 2.21 bits per heavy atom. The van der Waals surface area contributed by atoms with Gasteiger partial charge in [0, 0.05) is 22.8 Å². The summed E-state index contributed by atoms with van der Waals surface area (Å²) < 4.78 is 6.42. The lowest BCUT2D eigenvalue weighted by Gasteiger charge is -2.16. The standard InChI is InChI=1S/C17H16BrClN2O3/c1-10(24-16-8-3-12(18)9-15(16)19)17(23)21-14-6-4-13(5-7-14)20-11(2)22/h3-10H,1-2H3,(H,20,22)(H,21,23)/t10-/m0/s1. The highest BCUT2D eigenvalue weighted by atomic mass is 79.9. The Labute approximate surface area is 153 Å². The van der Waals surface area contributed by atoms with Crippen LogP contribution < -0.4 is 15.4 Å². The Morgan fingerprint density at radius 2 is 1.67 bits per heavy atom. The first-order valence-electron chi connectivity index (χ1n) is 7.15. The van der Waals surface area contributed by atoms with Gasteiger partial charge in [0.2, 0.25) is 5.91 Å². The molecule has 2 aromatic carbocycles. The SMILES string of the molecule is CC(=O)Nc1ccc(NC(=O)[C@H](C)Oc2ccc(Br)cc2Cl)cc1. The van der Waals surface area contributed by atoms with Crippen molar-refractivity contribution in [3.05, 3.63) is 52.0 Å². The first-order chi connectivity index (χ1) is 11.3. The van der Waals surface area contributed by atoms with Crippen LogP contribution in [-0.4, -0.2) is 17.9 Å². The molecule has 0 spiro atoms. The smallest absolute Gasteiger partial charge is 0.265 e. The number of nitrogens with one attached hydrogen (secondary N) is 2. The molecule has 2 rings (SSSR count). The molecule has 0 saturated heterocycles. The molecule has 0 radical (unpaired) electrons. The van der Waals surface area contributed by atoms with Crippen LogP contribution in [0.15, 0.2) is 46.9 Å². The summed E-state index contributed by atoms with van der Waals surface area (Å²) in [5.74, 6) is -0.0232. The summed E-state index contributed by atoms with van der Waals surface area (Å²) in [6.45, 7) is 3.07. The van der Waals surface area contributed by atoms with E-state index in [1.165, 1.54) is 6.92 Å². The van der Waals surface area contributed by atoms with Gasteiger partial charge in [-0.05, 0) is 49.4 Å². The number of benzene rings is 2. The number of rotatable bonds is 5. The van der Waals surface area contributed by atoms with Crippen LogP contribution in [0, 0.1) is 0 Å². The van der Waals surface area contributed by atoms with Crippen LogP contribution in [0.4, 0.5) is 11.4 Å². The molecule has 2 amide bonds. The van der Waals surface area contributed by atoms with Crippen molar-refractivity contribution in [2.24, 2.45) is 0 Å². The maximum Gasteiger partial charge on any atom is 0.265 e. The summed E-state index contributed by atoms with van der Waals surface area (Å²) in [5.41, 5.74) is 1.26. The number of ether oxygens (including phenoxy) is 1. The monoisotopic (exact) mass is 410 g/mol.